The first-order valence-corrected chi connectivity index (χ1v) is 9.53. The van der Waals surface area contributed by atoms with Gasteiger partial charge in [-0.1, -0.05) is 24.3 Å². The van der Waals surface area contributed by atoms with Crippen LogP contribution < -0.4 is 0 Å². The molecule has 0 radical (unpaired) electrons. The Morgan fingerprint density at radius 1 is 1.21 bits per heavy atom. The van der Waals surface area contributed by atoms with Gasteiger partial charge < -0.3 is 23.7 Å². The van der Waals surface area contributed by atoms with Gasteiger partial charge in [0.2, 0.25) is 11.6 Å². The highest BCUT2D eigenvalue weighted by molar-refractivity contribution is 5.99. The summed E-state index contributed by atoms with van der Waals surface area (Å²) in [6, 6.07) is 0. The minimum Gasteiger partial charge on any atom is -0.467 e. The smallest absolute Gasteiger partial charge is 0.347 e. The van der Waals surface area contributed by atoms with E-state index in [4.69, 9.17) is 23.7 Å². The molecule has 5 rings (SSSR count). The fourth-order valence-electron chi connectivity index (χ4n) is 5.22. The van der Waals surface area contributed by atoms with Gasteiger partial charge in [-0.3, -0.25) is 4.79 Å². The molecule has 5 aliphatic rings. The van der Waals surface area contributed by atoms with Crippen LogP contribution in [0.3, 0.4) is 0 Å². The number of hydrogen-bond donors (Lipinski definition) is 0. The molecule has 5 aliphatic heterocycles. The van der Waals surface area contributed by atoms with E-state index in [1.807, 2.05) is 0 Å². The number of fused-ring (bicyclic) bond motifs is 2. The number of allylic oxidation sites excluding steroid dienone is 1. The number of rotatable bonds is 3. The van der Waals surface area contributed by atoms with Gasteiger partial charge in [0.25, 0.3) is 5.60 Å². The zero-order valence-corrected chi connectivity index (χ0v) is 16.5. The molecule has 0 aromatic carbocycles. The van der Waals surface area contributed by atoms with Crippen LogP contribution in [-0.2, 0) is 38.1 Å². The molecule has 0 N–H and O–H groups in total. The lowest BCUT2D eigenvalue weighted by molar-refractivity contribution is -0.186. The van der Waals surface area contributed by atoms with Crippen molar-refractivity contribution in [3.63, 3.8) is 0 Å². The Morgan fingerprint density at radius 3 is 2.55 bits per heavy atom. The quantitative estimate of drug-likeness (QED) is 0.396. The highest BCUT2D eigenvalue weighted by Gasteiger charge is 2.99. The minimum atomic E-state index is -1.46. The third kappa shape index (κ3) is 2.11. The summed E-state index contributed by atoms with van der Waals surface area (Å²) in [7, 11) is 1.26. The second-order valence-electron chi connectivity index (χ2n) is 8.54. The fraction of sp³-hybridized carbons (Fsp3) is 0.571. The van der Waals surface area contributed by atoms with Gasteiger partial charge in [-0.25, -0.2) is 9.59 Å². The maximum Gasteiger partial charge on any atom is 0.347 e. The Balaban J connectivity index is 1.65. The predicted molar refractivity (Wildman–Crippen MR) is 96.1 cm³/mol. The van der Waals surface area contributed by atoms with E-state index in [0.717, 1.165) is 0 Å². The summed E-state index contributed by atoms with van der Waals surface area (Å²) in [5.74, 6) is -5.17. The van der Waals surface area contributed by atoms with E-state index in [-0.39, 0.29) is 18.6 Å². The standard InChI is InChI=1S/C21H22O8/c1-9(2)12-8-19-20(28-19,18(24)25-5)17-21(27-17,29-19)15(10(3)4)14-7-11(6-13(12)22)16(23)26-14/h7,12,14-15,17H,1,3,6,8H2,2,4-5H3. The molecule has 0 saturated carbocycles. The molecule has 0 amide bonds. The van der Waals surface area contributed by atoms with E-state index in [9.17, 15) is 14.4 Å². The van der Waals surface area contributed by atoms with E-state index < -0.39 is 53.2 Å². The van der Waals surface area contributed by atoms with Gasteiger partial charge in [0, 0.05) is 24.3 Å². The Kier molecular flexibility index (Phi) is 3.51. The van der Waals surface area contributed by atoms with Crippen LogP contribution in [0.5, 0.6) is 0 Å². The zero-order valence-electron chi connectivity index (χ0n) is 16.5. The van der Waals surface area contributed by atoms with Gasteiger partial charge in [-0.15, -0.1) is 0 Å². The molecular formula is C21H22O8. The van der Waals surface area contributed by atoms with Crippen LogP contribution in [0.25, 0.3) is 0 Å². The lowest BCUT2D eigenvalue weighted by Crippen LogP contribution is -2.40. The molecule has 0 aromatic rings. The van der Waals surface area contributed by atoms with Crippen LogP contribution in [0.1, 0.15) is 26.7 Å². The molecule has 0 aromatic heterocycles. The predicted octanol–water partition coefficient (Wildman–Crippen LogP) is 1.35. The number of Topliss-reactive ketones (excluding diaryl/α,β-unsaturated/α-hetero) is 1. The third-order valence-corrected chi connectivity index (χ3v) is 6.63. The van der Waals surface area contributed by atoms with Crippen molar-refractivity contribution in [3.05, 3.63) is 36.0 Å². The van der Waals surface area contributed by atoms with Gasteiger partial charge in [-0.2, -0.15) is 0 Å². The number of methoxy groups -OCH3 is 1. The molecule has 3 fully saturated rings. The monoisotopic (exact) mass is 402 g/mol. The first-order valence-electron chi connectivity index (χ1n) is 9.53. The van der Waals surface area contributed by atoms with Crippen LogP contribution in [0.4, 0.5) is 0 Å². The van der Waals surface area contributed by atoms with E-state index in [0.29, 0.717) is 16.7 Å². The fourth-order valence-corrected chi connectivity index (χ4v) is 5.22. The maximum atomic E-state index is 13.0. The SMILES string of the molecule is C=C(C)C1CC23OC4(OC4C2(C(=O)OC)O3)C(C(=C)C)C2C=C(CC1=O)C(=O)O2. The largest absolute Gasteiger partial charge is 0.467 e. The highest BCUT2D eigenvalue weighted by atomic mass is 17.0. The summed E-state index contributed by atoms with van der Waals surface area (Å²) in [5, 5.41) is 0. The van der Waals surface area contributed by atoms with Crippen molar-refractivity contribution in [3.8, 4) is 0 Å². The molecule has 7 atom stereocenters. The van der Waals surface area contributed by atoms with E-state index in [2.05, 4.69) is 13.2 Å². The maximum absolute atomic E-state index is 13.0. The van der Waals surface area contributed by atoms with Crippen LogP contribution in [0.15, 0.2) is 36.0 Å². The number of hydrogen-bond acceptors (Lipinski definition) is 8. The summed E-state index contributed by atoms with van der Waals surface area (Å²) in [5.41, 5.74) is 0.105. The first-order chi connectivity index (χ1) is 13.6. The summed E-state index contributed by atoms with van der Waals surface area (Å²) < 4.78 is 28.6. The molecular weight excluding hydrogens is 380 g/mol. The van der Waals surface area contributed by atoms with Crippen LogP contribution in [-0.4, -0.2) is 54.2 Å². The van der Waals surface area contributed by atoms with Gasteiger partial charge in [0.15, 0.2) is 6.10 Å². The lowest BCUT2D eigenvalue weighted by Gasteiger charge is -2.30. The van der Waals surface area contributed by atoms with Gasteiger partial charge in [0.1, 0.15) is 11.9 Å². The van der Waals surface area contributed by atoms with Crippen molar-refractivity contribution >= 4 is 17.7 Å². The average molecular weight is 402 g/mol. The number of ether oxygens (including phenoxy) is 5. The topological polar surface area (TPSA) is 104 Å². The Bertz CT molecular complexity index is 933. The Morgan fingerprint density at radius 2 is 1.93 bits per heavy atom. The second-order valence-corrected chi connectivity index (χ2v) is 8.54. The van der Waals surface area contributed by atoms with Crippen LogP contribution in [0.2, 0.25) is 0 Å². The van der Waals surface area contributed by atoms with Crippen molar-refractivity contribution in [2.24, 2.45) is 11.8 Å². The van der Waals surface area contributed by atoms with Crippen LogP contribution in [0, 0.1) is 11.8 Å². The number of carbonyl (C=O) groups excluding carboxylic acids is 3. The zero-order chi connectivity index (χ0) is 20.9. The van der Waals surface area contributed by atoms with Gasteiger partial charge in [-0.05, 0) is 19.9 Å². The number of ketones is 1. The molecule has 29 heavy (non-hydrogen) atoms. The Hall–Kier alpha value is -2.29. The van der Waals surface area contributed by atoms with Crippen molar-refractivity contribution < 1.29 is 38.1 Å². The normalized spacial score (nSPS) is 46.5. The molecule has 0 aliphatic carbocycles. The first kappa shape index (κ1) is 18.7. The summed E-state index contributed by atoms with van der Waals surface area (Å²) >= 11 is 0. The molecule has 2 spiro atoms. The Labute approximate surface area is 167 Å². The molecule has 8 nitrogen and oxygen atoms in total. The van der Waals surface area contributed by atoms with Gasteiger partial charge >= 0.3 is 11.9 Å². The highest BCUT2D eigenvalue weighted by Crippen LogP contribution is 2.75. The van der Waals surface area contributed by atoms with Crippen molar-refractivity contribution in [2.75, 3.05) is 7.11 Å². The molecule has 5 heterocycles. The lowest BCUT2D eigenvalue weighted by atomic mass is 9.81. The van der Waals surface area contributed by atoms with E-state index in [1.54, 1.807) is 19.9 Å². The van der Waals surface area contributed by atoms with Gasteiger partial charge in [0.05, 0.1) is 13.0 Å². The molecule has 4 bridgehead atoms. The number of esters is 2. The van der Waals surface area contributed by atoms with Crippen molar-refractivity contribution in [1.82, 2.24) is 0 Å². The van der Waals surface area contributed by atoms with Crippen LogP contribution >= 0.6 is 0 Å². The number of epoxide rings is 2. The third-order valence-electron chi connectivity index (χ3n) is 6.63. The van der Waals surface area contributed by atoms with E-state index >= 15 is 0 Å². The number of carbonyl (C=O) groups is 3. The minimum absolute atomic E-state index is 0.0889. The van der Waals surface area contributed by atoms with Crippen molar-refractivity contribution in [2.45, 2.75) is 56.1 Å². The average Bonchev–Trinajstić information content (AvgIpc) is 3.46. The molecule has 154 valence electrons. The second kappa shape index (κ2) is 5.44. The molecule has 3 saturated heterocycles. The summed E-state index contributed by atoms with van der Waals surface area (Å²) in [4.78, 5) is 38.1. The van der Waals surface area contributed by atoms with E-state index in [1.165, 1.54) is 7.11 Å². The molecule has 7 unspecified atom stereocenters. The summed E-state index contributed by atoms with van der Waals surface area (Å²) in [6.45, 7) is 11.5. The summed E-state index contributed by atoms with van der Waals surface area (Å²) in [6.07, 6.45) is 0.181. The van der Waals surface area contributed by atoms with Crippen molar-refractivity contribution in [1.29, 1.82) is 0 Å². The molecule has 8 heteroatoms.